The lowest BCUT2D eigenvalue weighted by Crippen LogP contribution is -2.43. The van der Waals surface area contributed by atoms with Crippen molar-refractivity contribution in [3.8, 4) is 0 Å². The third kappa shape index (κ3) is 4.95. The number of halogens is 1. The lowest BCUT2D eigenvalue weighted by atomic mass is 9.99. The van der Waals surface area contributed by atoms with Crippen molar-refractivity contribution < 1.29 is 8.42 Å². The second kappa shape index (κ2) is 7.58. The van der Waals surface area contributed by atoms with Crippen molar-refractivity contribution in [1.82, 2.24) is 9.62 Å². The fourth-order valence-electron chi connectivity index (χ4n) is 2.75. The minimum absolute atomic E-state index is 0.112. The quantitative estimate of drug-likeness (QED) is 0.814. The van der Waals surface area contributed by atoms with Crippen molar-refractivity contribution in [3.05, 3.63) is 35.9 Å². The van der Waals surface area contributed by atoms with E-state index in [1.165, 1.54) is 11.8 Å². The van der Waals surface area contributed by atoms with Gasteiger partial charge >= 0.3 is 0 Å². The fraction of sp³-hybridized carbons (Fsp3) is 0.600. The molecule has 6 heteroatoms. The number of nitrogens with zero attached hydrogens (tertiary/aromatic N) is 1. The number of sulfonamides is 1. The number of hydrogen-bond acceptors (Lipinski definition) is 3. The van der Waals surface area contributed by atoms with Crippen LogP contribution in [0.5, 0.6) is 0 Å². The number of piperidine rings is 1. The van der Waals surface area contributed by atoms with Crippen LogP contribution in [0.3, 0.4) is 0 Å². The Morgan fingerprint density at radius 3 is 2.71 bits per heavy atom. The summed E-state index contributed by atoms with van der Waals surface area (Å²) in [7, 11) is -3.08. The maximum absolute atomic E-state index is 11.6. The Kier molecular flexibility index (Phi) is 6.05. The first-order valence-corrected chi connectivity index (χ1v) is 9.68. The van der Waals surface area contributed by atoms with Crippen LogP contribution >= 0.6 is 11.6 Å². The molecule has 0 amide bonds. The Morgan fingerprint density at radius 2 is 2.10 bits per heavy atom. The summed E-state index contributed by atoms with van der Waals surface area (Å²) in [6.45, 7) is 2.04. The Bertz CT molecular complexity index is 536. The largest absolute Gasteiger partial charge is 0.309 e. The van der Waals surface area contributed by atoms with Gasteiger partial charge in [-0.05, 0) is 30.9 Å². The first-order valence-electron chi connectivity index (χ1n) is 7.30. The van der Waals surface area contributed by atoms with Gasteiger partial charge in [0.2, 0.25) is 10.0 Å². The van der Waals surface area contributed by atoms with Crippen molar-refractivity contribution in [1.29, 1.82) is 0 Å². The van der Waals surface area contributed by atoms with E-state index >= 15 is 0 Å². The molecule has 0 aliphatic carbocycles. The summed E-state index contributed by atoms with van der Waals surface area (Å²) in [5.74, 6) is 0.856. The van der Waals surface area contributed by atoms with E-state index in [4.69, 9.17) is 11.6 Å². The van der Waals surface area contributed by atoms with Crippen molar-refractivity contribution in [2.45, 2.75) is 18.9 Å². The molecule has 118 valence electrons. The number of rotatable bonds is 6. The summed E-state index contributed by atoms with van der Waals surface area (Å²) in [6, 6.07) is 10.2. The summed E-state index contributed by atoms with van der Waals surface area (Å²) in [6.07, 6.45) is 3.27. The lowest BCUT2D eigenvalue weighted by molar-refractivity contribution is 0.257. The fourth-order valence-corrected chi connectivity index (χ4v) is 3.98. The molecule has 1 fully saturated rings. The molecule has 1 aliphatic rings. The molecule has 0 radical (unpaired) electrons. The molecule has 2 unspecified atom stereocenters. The van der Waals surface area contributed by atoms with Gasteiger partial charge in [-0.25, -0.2) is 12.7 Å². The van der Waals surface area contributed by atoms with Crippen LogP contribution in [0.2, 0.25) is 0 Å². The van der Waals surface area contributed by atoms with Gasteiger partial charge in [-0.1, -0.05) is 30.3 Å². The molecule has 0 bridgehead atoms. The van der Waals surface area contributed by atoms with Gasteiger partial charge in [0.05, 0.1) is 6.26 Å². The van der Waals surface area contributed by atoms with Crippen LogP contribution in [-0.4, -0.2) is 44.5 Å². The Balaban J connectivity index is 1.90. The molecule has 1 aliphatic heterocycles. The van der Waals surface area contributed by atoms with Gasteiger partial charge in [-0.3, -0.25) is 0 Å². The average molecular weight is 331 g/mol. The van der Waals surface area contributed by atoms with Gasteiger partial charge in [0, 0.05) is 25.0 Å². The average Bonchev–Trinajstić information content (AvgIpc) is 2.48. The molecule has 2 rings (SSSR count). The zero-order valence-electron chi connectivity index (χ0n) is 12.3. The predicted octanol–water partition coefficient (Wildman–Crippen LogP) is 2.23. The van der Waals surface area contributed by atoms with Crippen molar-refractivity contribution >= 4 is 21.6 Å². The number of benzene rings is 1. The maximum atomic E-state index is 11.6. The van der Waals surface area contributed by atoms with Crippen molar-refractivity contribution in [2.75, 3.05) is 31.8 Å². The Labute approximate surface area is 132 Å². The lowest BCUT2D eigenvalue weighted by Gasteiger charge is -2.32. The SMILES string of the molecule is CS(=O)(=O)N1CCCC(CNC(CCl)c2ccccc2)C1. The minimum atomic E-state index is -3.08. The third-order valence-corrected chi connectivity index (χ3v) is 5.54. The molecular formula is C15H23ClN2O2S. The first kappa shape index (κ1) is 16.7. The van der Waals surface area contributed by atoms with Crippen molar-refractivity contribution in [3.63, 3.8) is 0 Å². The third-order valence-electron chi connectivity index (χ3n) is 3.96. The van der Waals surface area contributed by atoms with Gasteiger partial charge in [0.15, 0.2) is 0 Å². The molecular weight excluding hydrogens is 308 g/mol. The molecule has 21 heavy (non-hydrogen) atoms. The summed E-state index contributed by atoms with van der Waals surface area (Å²) in [5, 5.41) is 3.47. The Hall–Kier alpha value is -0.620. The highest BCUT2D eigenvalue weighted by Gasteiger charge is 2.26. The van der Waals surface area contributed by atoms with E-state index < -0.39 is 10.0 Å². The van der Waals surface area contributed by atoms with Crippen LogP contribution in [0.25, 0.3) is 0 Å². The summed E-state index contributed by atoms with van der Waals surface area (Å²) in [4.78, 5) is 0. The summed E-state index contributed by atoms with van der Waals surface area (Å²) >= 11 is 6.05. The van der Waals surface area contributed by atoms with Crippen LogP contribution in [0.4, 0.5) is 0 Å². The van der Waals surface area contributed by atoms with Gasteiger partial charge in [-0.2, -0.15) is 0 Å². The van der Waals surface area contributed by atoms with E-state index in [0.717, 1.165) is 19.4 Å². The molecule has 1 aromatic rings. The van der Waals surface area contributed by atoms with E-state index in [2.05, 4.69) is 17.4 Å². The Morgan fingerprint density at radius 1 is 1.38 bits per heavy atom. The molecule has 0 aromatic heterocycles. The molecule has 1 heterocycles. The zero-order chi connectivity index (χ0) is 15.3. The highest BCUT2D eigenvalue weighted by molar-refractivity contribution is 7.88. The summed E-state index contributed by atoms with van der Waals surface area (Å²) in [5.41, 5.74) is 1.17. The molecule has 1 saturated heterocycles. The van der Waals surface area contributed by atoms with Gasteiger partial charge in [0.25, 0.3) is 0 Å². The van der Waals surface area contributed by atoms with Crippen molar-refractivity contribution in [2.24, 2.45) is 5.92 Å². The van der Waals surface area contributed by atoms with E-state index in [9.17, 15) is 8.42 Å². The highest BCUT2D eigenvalue weighted by Crippen LogP contribution is 2.20. The van der Waals surface area contributed by atoms with Gasteiger partial charge in [-0.15, -0.1) is 11.6 Å². The first-order chi connectivity index (χ1) is 10.0. The second-order valence-corrected chi connectivity index (χ2v) is 7.95. The number of hydrogen-bond donors (Lipinski definition) is 1. The van der Waals surface area contributed by atoms with E-state index in [-0.39, 0.29) is 6.04 Å². The molecule has 1 aromatic carbocycles. The molecule has 1 N–H and O–H groups in total. The van der Waals surface area contributed by atoms with Crippen LogP contribution in [0, 0.1) is 5.92 Å². The second-order valence-electron chi connectivity index (χ2n) is 5.66. The predicted molar refractivity (Wildman–Crippen MR) is 87.0 cm³/mol. The molecule has 2 atom stereocenters. The maximum Gasteiger partial charge on any atom is 0.211 e. The zero-order valence-corrected chi connectivity index (χ0v) is 13.9. The van der Waals surface area contributed by atoms with E-state index in [1.807, 2.05) is 18.2 Å². The van der Waals surface area contributed by atoms with Gasteiger partial charge in [0.1, 0.15) is 0 Å². The normalized spacial score (nSPS) is 22.1. The van der Waals surface area contributed by atoms with Crippen LogP contribution in [0.1, 0.15) is 24.4 Å². The summed E-state index contributed by atoms with van der Waals surface area (Å²) < 4.78 is 24.8. The van der Waals surface area contributed by atoms with Gasteiger partial charge < -0.3 is 5.32 Å². The molecule has 0 saturated carbocycles. The monoisotopic (exact) mass is 330 g/mol. The van der Waals surface area contributed by atoms with Crippen LogP contribution in [-0.2, 0) is 10.0 Å². The molecule has 0 spiro atoms. The number of alkyl halides is 1. The smallest absolute Gasteiger partial charge is 0.211 e. The van der Waals surface area contributed by atoms with E-state index in [1.54, 1.807) is 4.31 Å². The highest BCUT2D eigenvalue weighted by atomic mass is 35.5. The minimum Gasteiger partial charge on any atom is -0.309 e. The topological polar surface area (TPSA) is 49.4 Å². The number of nitrogens with one attached hydrogen (secondary N) is 1. The molecule has 4 nitrogen and oxygen atoms in total. The van der Waals surface area contributed by atoms with Crippen LogP contribution in [0.15, 0.2) is 30.3 Å². The van der Waals surface area contributed by atoms with Crippen LogP contribution < -0.4 is 5.32 Å². The van der Waals surface area contributed by atoms with E-state index in [0.29, 0.717) is 24.9 Å². The standard InChI is InChI=1S/C15H23ClN2O2S/c1-21(19,20)18-9-5-6-13(12-18)11-17-15(10-16)14-7-3-2-4-8-14/h2-4,7-8,13,15,17H,5-6,9-12H2,1H3.